The highest BCUT2D eigenvalue weighted by atomic mass is 79.9. The summed E-state index contributed by atoms with van der Waals surface area (Å²) in [6.45, 7) is 1.77. The van der Waals surface area contributed by atoms with Gasteiger partial charge in [0.15, 0.2) is 10.0 Å². The summed E-state index contributed by atoms with van der Waals surface area (Å²) >= 11 is 10.7. The second kappa shape index (κ2) is 6.20. The van der Waals surface area contributed by atoms with Gasteiger partial charge in [-0.05, 0) is 52.2 Å². The molecule has 0 unspecified atom stereocenters. The summed E-state index contributed by atoms with van der Waals surface area (Å²) in [6.07, 6.45) is -1.61. The third kappa shape index (κ3) is 2.99. The van der Waals surface area contributed by atoms with Crippen molar-refractivity contribution in [1.29, 1.82) is 0 Å². The molecular formula is C16H11BrClNO3S. The Labute approximate surface area is 149 Å². The van der Waals surface area contributed by atoms with Crippen molar-refractivity contribution in [3.05, 3.63) is 50.4 Å². The first-order chi connectivity index (χ1) is 10.9. The molecule has 1 atom stereocenters. The van der Waals surface area contributed by atoms with Gasteiger partial charge in [-0.2, -0.15) is 0 Å². The smallest absolute Gasteiger partial charge is 0.337 e. The first kappa shape index (κ1) is 16.4. The number of aliphatic hydroxyl groups excluding tert-OH is 1. The normalized spacial score (nSPS) is 12.5. The minimum absolute atomic E-state index is 0.378. The van der Waals surface area contributed by atoms with E-state index >= 15 is 0 Å². The number of carboxylic acids is 1. The zero-order valence-electron chi connectivity index (χ0n) is 11.9. The average molecular weight is 413 g/mol. The lowest BCUT2D eigenvalue weighted by Gasteiger charge is -2.16. The molecule has 7 heteroatoms. The Bertz CT molecular complexity index is 908. The number of fused-ring (bicyclic) bond motifs is 1. The molecule has 2 aromatic carbocycles. The largest absolute Gasteiger partial charge is 0.479 e. The van der Waals surface area contributed by atoms with Crippen LogP contribution in [0.2, 0.25) is 5.02 Å². The fourth-order valence-electron chi connectivity index (χ4n) is 2.56. The number of rotatable bonds is 3. The molecule has 118 valence electrons. The maximum Gasteiger partial charge on any atom is 0.337 e. The van der Waals surface area contributed by atoms with Crippen molar-refractivity contribution >= 4 is 55.1 Å². The number of halogens is 2. The SMILES string of the molecule is Cc1cc2nc(Br)sc2c(-c2ccc(Cl)cc2)c1[C@H](O)C(=O)O. The Hall–Kier alpha value is -1.47. The Kier molecular flexibility index (Phi) is 4.42. The summed E-state index contributed by atoms with van der Waals surface area (Å²) in [5.74, 6) is -1.29. The van der Waals surface area contributed by atoms with Crippen LogP contribution in [0.3, 0.4) is 0 Å². The molecule has 0 radical (unpaired) electrons. The molecule has 0 aliphatic rings. The van der Waals surface area contributed by atoms with Gasteiger partial charge in [0.2, 0.25) is 0 Å². The van der Waals surface area contributed by atoms with Crippen molar-refractivity contribution in [2.45, 2.75) is 13.0 Å². The van der Waals surface area contributed by atoms with Gasteiger partial charge in [-0.1, -0.05) is 23.7 Å². The Morgan fingerprint density at radius 2 is 2.00 bits per heavy atom. The fourth-order valence-corrected chi connectivity index (χ4v) is 4.22. The van der Waals surface area contributed by atoms with Crippen LogP contribution in [-0.4, -0.2) is 21.2 Å². The van der Waals surface area contributed by atoms with Crippen LogP contribution in [0.1, 0.15) is 17.2 Å². The van der Waals surface area contributed by atoms with E-state index in [9.17, 15) is 15.0 Å². The molecule has 1 heterocycles. The molecule has 0 fully saturated rings. The lowest BCUT2D eigenvalue weighted by molar-refractivity contribution is -0.146. The van der Waals surface area contributed by atoms with Crippen LogP contribution in [0.5, 0.6) is 0 Å². The maximum absolute atomic E-state index is 11.3. The summed E-state index contributed by atoms with van der Waals surface area (Å²) in [4.78, 5) is 15.7. The third-order valence-corrected chi connectivity index (χ3v) is 5.33. The number of thiazole rings is 1. The number of benzene rings is 2. The van der Waals surface area contributed by atoms with Gasteiger partial charge in [-0.25, -0.2) is 9.78 Å². The van der Waals surface area contributed by atoms with E-state index in [4.69, 9.17) is 11.6 Å². The molecule has 4 nitrogen and oxygen atoms in total. The monoisotopic (exact) mass is 411 g/mol. The van der Waals surface area contributed by atoms with E-state index in [1.165, 1.54) is 11.3 Å². The maximum atomic E-state index is 11.3. The Balaban J connectivity index is 2.40. The van der Waals surface area contributed by atoms with Crippen molar-refractivity contribution in [2.24, 2.45) is 0 Å². The molecular weight excluding hydrogens is 402 g/mol. The summed E-state index contributed by atoms with van der Waals surface area (Å²) in [7, 11) is 0. The van der Waals surface area contributed by atoms with Crippen LogP contribution in [0.15, 0.2) is 34.2 Å². The van der Waals surface area contributed by atoms with Crippen molar-refractivity contribution in [1.82, 2.24) is 4.98 Å². The average Bonchev–Trinajstić information content (AvgIpc) is 2.85. The van der Waals surface area contributed by atoms with Crippen molar-refractivity contribution < 1.29 is 15.0 Å². The van der Waals surface area contributed by atoms with Gasteiger partial charge >= 0.3 is 5.97 Å². The lowest BCUT2D eigenvalue weighted by Crippen LogP contribution is -2.13. The van der Waals surface area contributed by atoms with Gasteiger partial charge in [-0.3, -0.25) is 0 Å². The van der Waals surface area contributed by atoms with Gasteiger partial charge in [-0.15, -0.1) is 11.3 Å². The summed E-state index contributed by atoms with van der Waals surface area (Å²) in [5, 5.41) is 20.0. The van der Waals surface area contributed by atoms with Crippen molar-refractivity contribution in [3.63, 3.8) is 0 Å². The standard InChI is InChI=1S/C16H11BrClNO3S/c1-7-6-10-14(23-16(17)19-10)12(11(7)13(20)15(21)22)8-2-4-9(18)5-3-8/h2-6,13,20H,1H3,(H,21,22)/t13-/m0/s1. The molecule has 0 saturated heterocycles. The van der Waals surface area contributed by atoms with E-state index in [0.717, 1.165) is 15.8 Å². The van der Waals surface area contributed by atoms with Gasteiger partial charge in [0.25, 0.3) is 0 Å². The van der Waals surface area contributed by atoms with E-state index in [0.29, 0.717) is 25.6 Å². The number of carbonyl (C=O) groups is 1. The predicted octanol–water partition coefficient (Wildman–Crippen LogP) is 4.81. The van der Waals surface area contributed by atoms with E-state index in [1.54, 1.807) is 25.1 Å². The molecule has 0 spiro atoms. The van der Waals surface area contributed by atoms with Crippen LogP contribution in [0, 0.1) is 6.92 Å². The number of aliphatic hydroxyl groups is 1. The van der Waals surface area contributed by atoms with Crippen LogP contribution in [0.4, 0.5) is 0 Å². The summed E-state index contributed by atoms with van der Waals surface area (Å²) in [6, 6.07) is 8.87. The van der Waals surface area contributed by atoms with E-state index in [-0.39, 0.29) is 0 Å². The van der Waals surface area contributed by atoms with Gasteiger partial charge in [0.05, 0.1) is 10.2 Å². The second-order valence-corrected chi connectivity index (χ2v) is 7.76. The molecule has 0 amide bonds. The van der Waals surface area contributed by atoms with Crippen molar-refractivity contribution in [2.75, 3.05) is 0 Å². The molecule has 2 N–H and O–H groups in total. The van der Waals surface area contributed by atoms with E-state index < -0.39 is 12.1 Å². The highest BCUT2D eigenvalue weighted by molar-refractivity contribution is 9.11. The van der Waals surface area contributed by atoms with Gasteiger partial charge in [0, 0.05) is 16.1 Å². The number of aromatic nitrogens is 1. The number of aliphatic carboxylic acids is 1. The van der Waals surface area contributed by atoms with Crippen LogP contribution < -0.4 is 0 Å². The number of carboxylic acid groups (broad SMARTS) is 1. The lowest BCUT2D eigenvalue weighted by atomic mass is 9.92. The number of nitrogens with zero attached hydrogens (tertiary/aromatic N) is 1. The topological polar surface area (TPSA) is 70.4 Å². The number of aryl methyl sites for hydroxylation is 1. The number of hydrogen-bond donors (Lipinski definition) is 2. The molecule has 3 rings (SSSR count). The molecule has 23 heavy (non-hydrogen) atoms. The van der Waals surface area contributed by atoms with Crippen molar-refractivity contribution in [3.8, 4) is 11.1 Å². The minimum atomic E-state index is -1.61. The summed E-state index contributed by atoms with van der Waals surface area (Å²) in [5.41, 5.74) is 3.27. The Morgan fingerprint density at radius 1 is 1.35 bits per heavy atom. The second-order valence-electron chi connectivity index (χ2n) is 5.04. The molecule has 3 aromatic rings. The molecule has 0 aliphatic carbocycles. The number of hydrogen-bond acceptors (Lipinski definition) is 4. The zero-order valence-corrected chi connectivity index (χ0v) is 15.0. The predicted molar refractivity (Wildman–Crippen MR) is 95.1 cm³/mol. The quantitative estimate of drug-likeness (QED) is 0.648. The first-order valence-electron chi connectivity index (χ1n) is 6.65. The van der Waals surface area contributed by atoms with E-state index in [1.807, 2.05) is 12.1 Å². The van der Waals surface area contributed by atoms with Gasteiger partial charge < -0.3 is 10.2 Å². The highest BCUT2D eigenvalue weighted by Gasteiger charge is 2.25. The minimum Gasteiger partial charge on any atom is -0.479 e. The zero-order chi connectivity index (χ0) is 16.7. The first-order valence-corrected chi connectivity index (χ1v) is 8.63. The highest BCUT2D eigenvalue weighted by Crippen LogP contribution is 2.41. The fraction of sp³-hybridized carbons (Fsp3) is 0.125. The van der Waals surface area contributed by atoms with Crippen LogP contribution in [-0.2, 0) is 4.79 Å². The van der Waals surface area contributed by atoms with E-state index in [2.05, 4.69) is 20.9 Å². The third-order valence-electron chi connectivity index (χ3n) is 3.54. The van der Waals surface area contributed by atoms with Crippen LogP contribution in [0.25, 0.3) is 21.3 Å². The van der Waals surface area contributed by atoms with Gasteiger partial charge in [0.1, 0.15) is 0 Å². The molecule has 0 bridgehead atoms. The molecule has 0 aliphatic heterocycles. The molecule has 0 saturated carbocycles. The van der Waals surface area contributed by atoms with Crippen LogP contribution >= 0.6 is 38.9 Å². The summed E-state index contributed by atoms with van der Waals surface area (Å²) < 4.78 is 1.52. The molecule has 1 aromatic heterocycles. The Morgan fingerprint density at radius 3 is 2.61 bits per heavy atom.